The molecule has 5 atom stereocenters. The molecule has 0 fully saturated rings. The molecule has 0 aromatic carbocycles. The van der Waals surface area contributed by atoms with Gasteiger partial charge in [-0.3, -0.25) is 9.59 Å². The monoisotopic (exact) mass is 456 g/mol. The van der Waals surface area contributed by atoms with Gasteiger partial charge in [0.05, 0.1) is 6.04 Å². The average Bonchev–Trinajstić information content (AvgIpc) is 2.75. The third-order valence-electron chi connectivity index (χ3n) is 5.11. The Labute approximate surface area is 188 Å². The predicted molar refractivity (Wildman–Crippen MR) is 116 cm³/mol. The second-order valence-corrected chi connectivity index (χ2v) is 7.72. The third kappa shape index (κ3) is 8.96. The molecular weight excluding hydrogens is 420 g/mol. The van der Waals surface area contributed by atoms with E-state index in [9.17, 15) is 24.6 Å². The largest absolute Gasteiger partial charge is 0.478 e. The minimum atomic E-state index is -1.35. The van der Waals surface area contributed by atoms with Crippen molar-refractivity contribution in [3.05, 3.63) is 11.8 Å². The molecule has 10 heteroatoms. The van der Waals surface area contributed by atoms with Gasteiger partial charge in [-0.1, -0.05) is 32.6 Å². The average molecular weight is 457 g/mol. The van der Waals surface area contributed by atoms with E-state index in [2.05, 4.69) is 12.2 Å². The lowest BCUT2D eigenvalue weighted by Gasteiger charge is -2.40. The normalized spacial score (nSPS) is 22.1. The van der Waals surface area contributed by atoms with E-state index in [0.717, 1.165) is 31.9 Å². The number of hydrogen-bond donors (Lipinski definition) is 4. The Hall–Kier alpha value is -2.46. The molecule has 1 aliphatic heterocycles. The third-order valence-corrected chi connectivity index (χ3v) is 5.11. The van der Waals surface area contributed by atoms with Gasteiger partial charge in [0.25, 0.3) is 0 Å². The second kappa shape index (κ2) is 14.6. The maximum absolute atomic E-state index is 12.0. The van der Waals surface area contributed by atoms with Crippen molar-refractivity contribution in [3.8, 4) is 0 Å². The highest BCUT2D eigenvalue weighted by molar-refractivity contribution is 5.86. The van der Waals surface area contributed by atoms with Crippen LogP contribution in [0.1, 0.15) is 59.3 Å². The number of carbonyl (C=O) groups is 3. The fourth-order valence-corrected chi connectivity index (χ4v) is 3.55. The molecule has 1 amide bonds. The molecule has 0 spiro atoms. The van der Waals surface area contributed by atoms with E-state index in [-0.39, 0.29) is 19.6 Å². The van der Waals surface area contributed by atoms with Crippen LogP contribution in [0, 0.1) is 11.3 Å². The van der Waals surface area contributed by atoms with Crippen molar-refractivity contribution in [1.82, 2.24) is 5.32 Å². The van der Waals surface area contributed by atoms with Crippen LogP contribution in [-0.4, -0.2) is 71.8 Å². The number of aliphatic hydroxyl groups excluding tert-OH is 1. The van der Waals surface area contributed by atoms with Gasteiger partial charge >= 0.3 is 11.9 Å². The number of amides is 1. The SMILES string of the molecule is CCCCCCCC(=O)OCC(O)C(OCC)C1OC(C(=O)O)=CC(C=N)C1NC(C)=O. The minimum absolute atomic E-state index is 0.154. The quantitative estimate of drug-likeness (QED) is 0.165. The van der Waals surface area contributed by atoms with Crippen molar-refractivity contribution < 1.29 is 38.8 Å². The first-order valence-electron chi connectivity index (χ1n) is 11.1. The number of carboxylic acids is 1. The summed E-state index contributed by atoms with van der Waals surface area (Å²) in [5.41, 5.74) is 0. The summed E-state index contributed by atoms with van der Waals surface area (Å²) in [5, 5.41) is 30.4. The number of rotatable bonds is 15. The Bertz CT molecular complexity index is 666. The van der Waals surface area contributed by atoms with Crippen LogP contribution in [-0.2, 0) is 28.6 Å². The van der Waals surface area contributed by atoms with E-state index >= 15 is 0 Å². The first-order chi connectivity index (χ1) is 15.2. The Kier molecular flexibility index (Phi) is 12.6. The van der Waals surface area contributed by atoms with Crippen LogP contribution < -0.4 is 5.32 Å². The number of carbonyl (C=O) groups excluding carboxylic acids is 2. The van der Waals surface area contributed by atoms with Crippen LogP contribution in [0.4, 0.5) is 0 Å². The van der Waals surface area contributed by atoms with Gasteiger partial charge in [0.1, 0.15) is 24.9 Å². The Balaban J connectivity index is 2.89. The van der Waals surface area contributed by atoms with Crippen LogP contribution in [0.5, 0.6) is 0 Å². The number of nitrogens with one attached hydrogen (secondary N) is 2. The molecular formula is C22H36N2O8. The van der Waals surface area contributed by atoms with E-state index in [0.29, 0.717) is 6.42 Å². The van der Waals surface area contributed by atoms with Crippen molar-refractivity contribution in [2.45, 2.75) is 83.6 Å². The zero-order valence-electron chi connectivity index (χ0n) is 19.0. The molecule has 0 radical (unpaired) electrons. The molecule has 5 unspecified atom stereocenters. The molecule has 182 valence electrons. The molecule has 1 aliphatic rings. The number of ether oxygens (including phenoxy) is 3. The van der Waals surface area contributed by atoms with Gasteiger partial charge in [-0.05, 0) is 19.4 Å². The zero-order chi connectivity index (χ0) is 24.1. The summed E-state index contributed by atoms with van der Waals surface area (Å²) in [6.45, 7) is 4.85. The Morgan fingerprint density at radius 2 is 1.94 bits per heavy atom. The first kappa shape index (κ1) is 27.6. The van der Waals surface area contributed by atoms with Gasteiger partial charge in [-0.25, -0.2) is 4.79 Å². The summed E-state index contributed by atoms with van der Waals surface area (Å²) in [6, 6.07) is -0.853. The van der Waals surface area contributed by atoms with Gasteiger partial charge in [0.15, 0.2) is 0 Å². The predicted octanol–water partition coefficient (Wildman–Crippen LogP) is 1.79. The lowest BCUT2D eigenvalue weighted by Crippen LogP contribution is -2.59. The number of aliphatic hydroxyl groups is 1. The standard InChI is InChI=1S/C22H36N2O8/c1-4-6-7-8-9-10-18(27)31-13-16(26)20(30-5-2)21-19(24-14(3)25)15(12-23)11-17(32-21)22(28)29/h11-12,15-16,19-21,23,26H,4-10,13H2,1-3H3,(H,24,25)(H,28,29). The van der Waals surface area contributed by atoms with Crippen molar-refractivity contribution in [3.63, 3.8) is 0 Å². The molecule has 1 heterocycles. The fraction of sp³-hybridized carbons (Fsp3) is 0.727. The molecule has 0 bridgehead atoms. The minimum Gasteiger partial charge on any atom is -0.478 e. The van der Waals surface area contributed by atoms with E-state index in [1.54, 1.807) is 6.92 Å². The fourth-order valence-electron chi connectivity index (χ4n) is 3.55. The van der Waals surface area contributed by atoms with E-state index in [1.807, 2.05) is 0 Å². The topological polar surface area (TPSA) is 155 Å². The lowest BCUT2D eigenvalue weighted by atomic mass is 9.87. The molecule has 4 N–H and O–H groups in total. The van der Waals surface area contributed by atoms with Crippen LogP contribution in [0.25, 0.3) is 0 Å². The van der Waals surface area contributed by atoms with Gasteiger partial charge in [-0.15, -0.1) is 0 Å². The van der Waals surface area contributed by atoms with Crippen molar-refractivity contribution in [2.24, 2.45) is 5.92 Å². The maximum atomic E-state index is 12.0. The Morgan fingerprint density at radius 3 is 2.50 bits per heavy atom. The summed E-state index contributed by atoms with van der Waals surface area (Å²) in [4.78, 5) is 35.2. The number of aliphatic carboxylic acids is 1. The second-order valence-electron chi connectivity index (χ2n) is 7.72. The van der Waals surface area contributed by atoms with Crippen LogP contribution in [0.15, 0.2) is 11.8 Å². The lowest BCUT2D eigenvalue weighted by molar-refractivity contribution is -0.163. The highest BCUT2D eigenvalue weighted by Crippen LogP contribution is 2.27. The molecule has 0 saturated carbocycles. The van der Waals surface area contributed by atoms with Crippen molar-refractivity contribution in [1.29, 1.82) is 5.41 Å². The van der Waals surface area contributed by atoms with Crippen molar-refractivity contribution >= 4 is 24.1 Å². The molecule has 32 heavy (non-hydrogen) atoms. The molecule has 0 aromatic rings. The van der Waals surface area contributed by atoms with Gasteiger partial charge in [0.2, 0.25) is 11.7 Å². The number of esters is 1. The summed E-state index contributed by atoms with van der Waals surface area (Å²) < 4.78 is 16.4. The summed E-state index contributed by atoms with van der Waals surface area (Å²) in [7, 11) is 0. The van der Waals surface area contributed by atoms with Crippen molar-refractivity contribution in [2.75, 3.05) is 13.2 Å². The highest BCUT2D eigenvalue weighted by Gasteiger charge is 2.44. The Morgan fingerprint density at radius 1 is 1.25 bits per heavy atom. The first-order valence-corrected chi connectivity index (χ1v) is 11.1. The zero-order valence-corrected chi connectivity index (χ0v) is 19.0. The summed E-state index contributed by atoms with van der Waals surface area (Å²) in [5.74, 6) is -3.40. The molecule has 1 rings (SSSR count). The van der Waals surface area contributed by atoms with Gasteiger partial charge < -0.3 is 35.1 Å². The molecule has 0 aromatic heterocycles. The van der Waals surface area contributed by atoms with Crippen LogP contribution in [0.2, 0.25) is 0 Å². The number of hydrogen-bond acceptors (Lipinski definition) is 8. The van der Waals surface area contributed by atoms with Gasteiger partial charge in [-0.2, -0.15) is 0 Å². The summed E-state index contributed by atoms with van der Waals surface area (Å²) >= 11 is 0. The van der Waals surface area contributed by atoms with Gasteiger partial charge in [0, 0.05) is 32.1 Å². The van der Waals surface area contributed by atoms with Crippen LogP contribution >= 0.6 is 0 Å². The molecule has 0 aliphatic carbocycles. The number of carboxylic acid groups (broad SMARTS) is 1. The van der Waals surface area contributed by atoms with E-state index < -0.39 is 53.9 Å². The molecule has 10 nitrogen and oxygen atoms in total. The summed E-state index contributed by atoms with van der Waals surface area (Å²) in [6.07, 6.45) is 3.80. The highest BCUT2D eigenvalue weighted by atomic mass is 16.6. The maximum Gasteiger partial charge on any atom is 0.370 e. The number of unbranched alkanes of at least 4 members (excludes halogenated alkanes) is 4. The molecule has 0 saturated heterocycles. The van der Waals surface area contributed by atoms with E-state index in [1.165, 1.54) is 13.0 Å². The van der Waals surface area contributed by atoms with Crippen LogP contribution in [0.3, 0.4) is 0 Å². The smallest absolute Gasteiger partial charge is 0.370 e. The van der Waals surface area contributed by atoms with E-state index in [4.69, 9.17) is 19.6 Å².